The number of methoxy groups -OCH3 is 1. The van der Waals surface area contributed by atoms with E-state index in [2.05, 4.69) is 4.74 Å². The minimum Gasteiger partial charge on any atom is -0.468 e. The first-order chi connectivity index (χ1) is 9.72. The van der Waals surface area contributed by atoms with E-state index in [1.807, 2.05) is 4.72 Å². The van der Waals surface area contributed by atoms with E-state index in [0.717, 1.165) is 25.3 Å². The standard InChI is InChI=1S/C10H11ClN2O7S/c1-20-10(15)8(5-14)12-21(18,19)9-4-6(13(16)17)2-3-7(9)11/h2-4,8,12,14H,5H2,1H3. The number of nitrogens with one attached hydrogen (secondary N) is 1. The van der Waals surface area contributed by atoms with Gasteiger partial charge in [0.1, 0.15) is 10.9 Å². The third-order valence-electron chi connectivity index (χ3n) is 2.38. The number of ether oxygens (including phenoxy) is 1. The van der Waals surface area contributed by atoms with Crippen molar-refractivity contribution >= 4 is 33.3 Å². The van der Waals surface area contributed by atoms with E-state index in [1.165, 1.54) is 0 Å². The lowest BCUT2D eigenvalue weighted by Crippen LogP contribution is -2.44. The van der Waals surface area contributed by atoms with Crippen molar-refractivity contribution in [2.45, 2.75) is 10.9 Å². The average Bonchev–Trinajstić information content (AvgIpc) is 2.43. The first-order valence-corrected chi connectivity index (χ1v) is 7.24. The highest BCUT2D eigenvalue weighted by Crippen LogP contribution is 2.26. The molecule has 21 heavy (non-hydrogen) atoms. The number of esters is 1. The summed E-state index contributed by atoms with van der Waals surface area (Å²) < 4.78 is 30.3. The molecule has 0 saturated carbocycles. The Morgan fingerprint density at radius 3 is 2.67 bits per heavy atom. The van der Waals surface area contributed by atoms with Crippen molar-refractivity contribution in [3.8, 4) is 0 Å². The summed E-state index contributed by atoms with van der Waals surface area (Å²) in [7, 11) is -3.35. The van der Waals surface area contributed by atoms with E-state index < -0.39 is 44.1 Å². The van der Waals surface area contributed by atoms with Crippen LogP contribution in [0.2, 0.25) is 5.02 Å². The van der Waals surface area contributed by atoms with Crippen molar-refractivity contribution in [3.63, 3.8) is 0 Å². The van der Waals surface area contributed by atoms with Crippen molar-refractivity contribution in [2.75, 3.05) is 13.7 Å². The molecule has 0 fully saturated rings. The van der Waals surface area contributed by atoms with Gasteiger partial charge in [0.2, 0.25) is 10.0 Å². The lowest BCUT2D eigenvalue weighted by atomic mass is 10.3. The number of non-ortho nitro benzene ring substituents is 1. The quantitative estimate of drug-likeness (QED) is 0.425. The molecule has 0 aromatic heterocycles. The predicted octanol–water partition coefficient (Wildman–Crippen LogP) is 0.0604. The van der Waals surface area contributed by atoms with E-state index >= 15 is 0 Å². The maximum Gasteiger partial charge on any atom is 0.326 e. The van der Waals surface area contributed by atoms with Gasteiger partial charge in [0, 0.05) is 12.1 Å². The number of halogens is 1. The molecule has 0 amide bonds. The molecule has 1 atom stereocenters. The number of hydrogen-bond donors (Lipinski definition) is 2. The Kier molecular flexibility index (Phi) is 5.61. The van der Waals surface area contributed by atoms with Gasteiger partial charge in [-0.1, -0.05) is 11.6 Å². The average molecular weight is 339 g/mol. The fraction of sp³-hybridized carbons (Fsp3) is 0.300. The first-order valence-electron chi connectivity index (χ1n) is 5.38. The fourth-order valence-electron chi connectivity index (χ4n) is 1.36. The molecule has 0 aliphatic carbocycles. The van der Waals surface area contributed by atoms with Gasteiger partial charge in [0.15, 0.2) is 0 Å². The minimum atomic E-state index is -4.36. The molecule has 0 aliphatic heterocycles. The Balaban J connectivity index is 3.21. The van der Waals surface area contributed by atoms with Gasteiger partial charge in [-0.15, -0.1) is 0 Å². The summed E-state index contributed by atoms with van der Waals surface area (Å²) in [5, 5.41) is 19.4. The second kappa shape index (κ2) is 6.80. The Morgan fingerprint density at radius 1 is 1.57 bits per heavy atom. The van der Waals surface area contributed by atoms with Crippen molar-refractivity contribution in [1.29, 1.82) is 0 Å². The van der Waals surface area contributed by atoms with Gasteiger partial charge in [-0.25, -0.2) is 8.42 Å². The maximum atomic E-state index is 12.1. The molecule has 0 saturated heterocycles. The smallest absolute Gasteiger partial charge is 0.326 e. The van der Waals surface area contributed by atoms with Crippen LogP contribution in [0.25, 0.3) is 0 Å². The summed E-state index contributed by atoms with van der Waals surface area (Å²) in [4.78, 5) is 20.5. The van der Waals surface area contributed by atoms with Crippen LogP contribution < -0.4 is 4.72 Å². The monoisotopic (exact) mass is 338 g/mol. The summed E-state index contributed by atoms with van der Waals surface area (Å²) in [6, 6.07) is 1.28. The van der Waals surface area contributed by atoms with Crippen LogP contribution in [0.3, 0.4) is 0 Å². The number of benzene rings is 1. The Morgan fingerprint density at radius 2 is 2.19 bits per heavy atom. The lowest BCUT2D eigenvalue weighted by Gasteiger charge is -2.14. The molecule has 0 spiro atoms. The second-order valence-corrected chi connectivity index (χ2v) is 5.84. The number of carbonyl (C=O) groups is 1. The zero-order valence-corrected chi connectivity index (χ0v) is 12.2. The summed E-state index contributed by atoms with van der Waals surface area (Å²) in [5.74, 6) is -1.01. The van der Waals surface area contributed by atoms with E-state index in [0.29, 0.717) is 0 Å². The molecule has 0 bridgehead atoms. The maximum absolute atomic E-state index is 12.1. The van der Waals surface area contributed by atoms with Crippen molar-refractivity contribution in [3.05, 3.63) is 33.3 Å². The van der Waals surface area contributed by atoms with Crippen molar-refractivity contribution < 1.29 is 28.0 Å². The molecule has 1 aromatic rings. The number of aliphatic hydroxyl groups is 1. The molecular weight excluding hydrogens is 328 g/mol. The zero-order chi connectivity index (χ0) is 16.2. The number of carbonyl (C=O) groups excluding carboxylic acids is 1. The molecule has 11 heteroatoms. The topological polar surface area (TPSA) is 136 Å². The third-order valence-corrected chi connectivity index (χ3v) is 4.33. The number of nitrogens with zero attached hydrogens (tertiary/aromatic N) is 1. The van der Waals surface area contributed by atoms with Crippen LogP contribution in [0.4, 0.5) is 5.69 Å². The fourth-order valence-corrected chi connectivity index (χ4v) is 3.06. The van der Waals surface area contributed by atoms with Gasteiger partial charge in [-0.3, -0.25) is 14.9 Å². The van der Waals surface area contributed by atoms with Gasteiger partial charge in [-0.05, 0) is 6.07 Å². The van der Waals surface area contributed by atoms with Crippen LogP contribution in [-0.2, 0) is 19.6 Å². The highest BCUT2D eigenvalue weighted by Gasteiger charge is 2.28. The van der Waals surface area contributed by atoms with Gasteiger partial charge in [0.05, 0.1) is 23.7 Å². The molecule has 1 aromatic carbocycles. The normalized spacial score (nSPS) is 12.7. The van der Waals surface area contributed by atoms with E-state index in [9.17, 15) is 23.3 Å². The first kappa shape index (κ1) is 17.3. The van der Waals surface area contributed by atoms with Crippen LogP contribution >= 0.6 is 11.6 Å². The predicted molar refractivity (Wildman–Crippen MR) is 71.3 cm³/mol. The Hall–Kier alpha value is -1.75. The molecule has 116 valence electrons. The summed E-state index contributed by atoms with van der Waals surface area (Å²) in [6.45, 7) is -0.849. The SMILES string of the molecule is COC(=O)C(CO)NS(=O)(=O)c1cc([N+](=O)[O-])ccc1Cl. The zero-order valence-electron chi connectivity index (χ0n) is 10.6. The number of hydrogen-bond acceptors (Lipinski definition) is 7. The molecule has 2 N–H and O–H groups in total. The van der Waals surface area contributed by atoms with Crippen LogP contribution in [0, 0.1) is 10.1 Å². The Bertz CT molecular complexity index is 661. The summed E-state index contributed by atoms with van der Waals surface area (Å²) >= 11 is 5.71. The van der Waals surface area contributed by atoms with Gasteiger partial charge < -0.3 is 9.84 Å². The van der Waals surface area contributed by atoms with Crippen LogP contribution in [-0.4, -0.2) is 44.2 Å². The Labute approximate surface area is 124 Å². The van der Waals surface area contributed by atoms with E-state index in [1.54, 1.807) is 0 Å². The lowest BCUT2D eigenvalue weighted by molar-refractivity contribution is -0.385. The molecular formula is C10H11ClN2O7S. The van der Waals surface area contributed by atoms with Crippen LogP contribution in [0.1, 0.15) is 0 Å². The van der Waals surface area contributed by atoms with E-state index in [-0.39, 0.29) is 5.02 Å². The highest BCUT2D eigenvalue weighted by molar-refractivity contribution is 7.89. The molecule has 9 nitrogen and oxygen atoms in total. The van der Waals surface area contributed by atoms with Crippen molar-refractivity contribution in [2.24, 2.45) is 0 Å². The van der Waals surface area contributed by atoms with E-state index in [4.69, 9.17) is 16.7 Å². The molecule has 1 unspecified atom stereocenters. The minimum absolute atomic E-state index is 0.269. The third kappa shape index (κ3) is 4.11. The van der Waals surface area contributed by atoms with Crippen LogP contribution in [0.15, 0.2) is 23.1 Å². The number of aliphatic hydroxyl groups excluding tert-OH is 1. The number of sulfonamides is 1. The molecule has 1 rings (SSSR count). The van der Waals surface area contributed by atoms with Gasteiger partial charge in [-0.2, -0.15) is 4.72 Å². The number of rotatable bonds is 6. The second-order valence-electron chi connectivity index (χ2n) is 3.75. The number of nitro groups is 1. The molecule has 0 heterocycles. The van der Waals surface area contributed by atoms with Gasteiger partial charge in [0.25, 0.3) is 5.69 Å². The highest BCUT2D eigenvalue weighted by atomic mass is 35.5. The van der Waals surface area contributed by atoms with Gasteiger partial charge >= 0.3 is 5.97 Å². The molecule has 0 aliphatic rings. The molecule has 0 radical (unpaired) electrons. The number of nitro benzene ring substituents is 1. The largest absolute Gasteiger partial charge is 0.468 e. The summed E-state index contributed by atoms with van der Waals surface area (Å²) in [5.41, 5.74) is -0.488. The van der Waals surface area contributed by atoms with Crippen molar-refractivity contribution in [1.82, 2.24) is 4.72 Å². The van der Waals surface area contributed by atoms with Crippen LogP contribution in [0.5, 0.6) is 0 Å². The summed E-state index contributed by atoms with van der Waals surface area (Å²) in [6.07, 6.45) is 0.